The van der Waals surface area contributed by atoms with Gasteiger partial charge in [-0.1, -0.05) is 109 Å². The molecular formula is C24H42O. The second-order valence-electron chi connectivity index (χ2n) is 8.10. The largest absolute Gasteiger partial charge is 0.507 e. The van der Waals surface area contributed by atoms with Crippen LogP contribution in [-0.2, 0) is 0 Å². The first-order valence-corrected chi connectivity index (χ1v) is 10.9. The average Bonchev–Trinajstić information content (AvgIpc) is 2.58. The summed E-state index contributed by atoms with van der Waals surface area (Å²) in [5.74, 6) is 0.971. The van der Waals surface area contributed by atoms with E-state index in [2.05, 4.69) is 32.9 Å². The molecule has 0 aliphatic heterocycles. The number of rotatable bonds is 14. The summed E-state index contributed by atoms with van der Waals surface area (Å²) in [4.78, 5) is 0. The van der Waals surface area contributed by atoms with Crippen molar-refractivity contribution in [1.82, 2.24) is 0 Å². The van der Waals surface area contributed by atoms with E-state index in [1.54, 1.807) is 0 Å². The Kier molecular flexibility index (Phi) is 11.7. The number of phenols is 1. The van der Waals surface area contributed by atoms with Crippen LogP contribution < -0.4 is 0 Å². The van der Waals surface area contributed by atoms with Crippen LogP contribution in [0.3, 0.4) is 0 Å². The van der Waals surface area contributed by atoms with E-state index in [9.17, 15) is 5.11 Å². The fourth-order valence-corrected chi connectivity index (χ4v) is 3.82. The smallest absolute Gasteiger partial charge is 0.121 e. The molecule has 0 heterocycles. The summed E-state index contributed by atoms with van der Waals surface area (Å²) in [6.45, 7) is 8.66. The van der Waals surface area contributed by atoms with Gasteiger partial charge < -0.3 is 5.11 Å². The molecule has 0 fully saturated rings. The minimum atomic E-state index is 0.460. The van der Waals surface area contributed by atoms with Gasteiger partial charge in [-0.3, -0.25) is 0 Å². The van der Waals surface area contributed by atoms with Gasteiger partial charge in [0.2, 0.25) is 0 Å². The Morgan fingerprint density at radius 1 is 0.760 bits per heavy atom. The zero-order valence-corrected chi connectivity index (χ0v) is 17.4. The maximum Gasteiger partial charge on any atom is 0.121 e. The molecule has 0 amide bonds. The molecule has 0 saturated carbocycles. The monoisotopic (exact) mass is 346 g/mol. The highest BCUT2D eigenvalue weighted by atomic mass is 16.3. The van der Waals surface area contributed by atoms with Crippen molar-refractivity contribution in [3.05, 3.63) is 28.8 Å². The van der Waals surface area contributed by atoms with Gasteiger partial charge in [0.25, 0.3) is 0 Å². The first-order chi connectivity index (χ1) is 12.1. The second kappa shape index (κ2) is 13.3. The highest BCUT2D eigenvalue weighted by Gasteiger charge is 2.12. The fourth-order valence-electron chi connectivity index (χ4n) is 3.82. The van der Waals surface area contributed by atoms with Gasteiger partial charge in [0.1, 0.15) is 5.75 Å². The van der Waals surface area contributed by atoms with Crippen molar-refractivity contribution in [3.63, 3.8) is 0 Å². The predicted molar refractivity (Wildman–Crippen MR) is 112 cm³/mol. The summed E-state index contributed by atoms with van der Waals surface area (Å²) >= 11 is 0. The molecule has 1 heteroatoms. The summed E-state index contributed by atoms with van der Waals surface area (Å²) in [6.07, 6.45) is 18.0. The maximum absolute atomic E-state index is 10.3. The molecule has 1 nitrogen and oxygen atoms in total. The van der Waals surface area contributed by atoms with Crippen molar-refractivity contribution in [1.29, 1.82) is 0 Å². The minimum Gasteiger partial charge on any atom is -0.507 e. The quantitative estimate of drug-likeness (QED) is 0.336. The van der Waals surface area contributed by atoms with Crippen molar-refractivity contribution < 1.29 is 5.11 Å². The number of hydrogen-bond acceptors (Lipinski definition) is 1. The third-order valence-electron chi connectivity index (χ3n) is 5.50. The van der Waals surface area contributed by atoms with E-state index in [1.807, 2.05) is 6.92 Å². The van der Waals surface area contributed by atoms with Crippen molar-refractivity contribution in [3.8, 4) is 5.75 Å². The summed E-state index contributed by atoms with van der Waals surface area (Å²) in [5.41, 5.74) is 3.41. The molecule has 0 aliphatic carbocycles. The molecule has 1 N–H and O–H groups in total. The maximum atomic E-state index is 10.3. The lowest BCUT2D eigenvalue weighted by Crippen LogP contribution is -1.97. The first kappa shape index (κ1) is 22.1. The van der Waals surface area contributed by atoms with Crippen LogP contribution in [0.1, 0.15) is 120 Å². The van der Waals surface area contributed by atoms with Crippen LogP contribution in [-0.4, -0.2) is 5.11 Å². The van der Waals surface area contributed by atoms with Crippen LogP contribution in [0.2, 0.25) is 0 Å². The van der Waals surface area contributed by atoms with Gasteiger partial charge in [-0.05, 0) is 37.3 Å². The van der Waals surface area contributed by atoms with E-state index in [4.69, 9.17) is 0 Å². The number of aromatic hydroxyl groups is 1. The summed E-state index contributed by atoms with van der Waals surface area (Å²) in [5, 5.41) is 10.3. The van der Waals surface area contributed by atoms with E-state index in [1.165, 1.54) is 89.0 Å². The third-order valence-corrected chi connectivity index (χ3v) is 5.50. The van der Waals surface area contributed by atoms with E-state index < -0.39 is 0 Å². The van der Waals surface area contributed by atoms with Gasteiger partial charge in [0.15, 0.2) is 0 Å². The Labute approximate surface area is 157 Å². The summed E-state index contributed by atoms with van der Waals surface area (Å²) < 4.78 is 0. The zero-order chi connectivity index (χ0) is 18.5. The molecule has 144 valence electrons. The topological polar surface area (TPSA) is 20.2 Å². The van der Waals surface area contributed by atoms with E-state index in [-0.39, 0.29) is 0 Å². The summed E-state index contributed by atoms with van der Waals surface area (Å²) in [6, 6.07) is 4.23. The van der Waals surface area contributed by atoms with Crippen molar-refractivity contribution in [2.24, 2.45) is 0 Å². The predicted octanol–water partition coefficient (Wildman–Crippen LogP) is 8.20. The van der Waals surface area contributed by atoms with Crippen LogP contribution in [0.5, 0.6) is 5.75 Å². The molecule has 0 bridgehead atoms. The van der Waals surface area contributed by atoms with Crippen LogP contribution in [0.15, 0.2) is 12.1 Å². The van der Waals surface area contributed by atoms with Gasteiger partial charge in [-0.15, -0.1) is 0 Å². The molecule has 0 aliphatic rings. The third kappa shape index (κ3) is 9.33. The van der Waals surface area contributed by atoms with Crippen molar-refractivity contribution >= 4 is 0 Å². The van der Waals surface area contributed by atoms with Crippen LogP contribution >= 0.6 is 0 Å². The first-order valence-electron chi connectivity index (χ1n) is 10.9. The molecule has 0 saturated heterocycles. The van der Waals surface area contributed by atoms with Gasteiger partial charge in [-0.2, -0.15) is 0 Å². The minimum absolute atomic E-state index is 0.460. The second-order valence-corrected chi connectivity index (χ2v) is 8.10. The molecule has 1 aromatic rings. The molecule has 25 heavy (non-hydrogen) atoms. The molecular weight excluding hydrogens is 304 g/mol. The standard InChI is InChI=1S/C24H42O/c1-5-6-7-8-9-10-11-12-13-14-15-16-17-21(3)23-19-20(2)18-22(4)24(23)25/h18-19,21,25H,5-17H2,1-4H3/t21-/m0/s1. The fraction of sp³-hybridized carbons (Fsp3) is 0.750. The molecule has 0 spiro atoms. The van der Waals surface area contributed by atoms with Gasteiger partial charge in [0, 0.05) is 0 Å². The number of aryl methyl sites for hydroxylation is 2. The molecule has 0 radical (unpaired) electrons. The normalized spacial score (nSPS) is 12.5. The van der Waals surface area contributed by atoms with Gasteiger partial charge in [-0.25, -0.2) is 0 Å². The lowest BCUT2D eigenvalue weighted by Gasteiger charge is -2.16. The van der Waals surface area contributed by atoms with Gasteiger partial charge in [0.05, 0.1) is 0 Å². The molecule has 0 unspecified atom stereocenters. The van der Waals surface area contributed by atoms with Gasteiger partial charge >= 0.3 is 0 Å². The van der Waals surface area contributed by atoms with E-state index in [0.29, 0.717) is 11.7 Å². The highest BCUT2D eigenvalue weighted by molar-refractivity contribution is 5.44. The van der Waals surface area contributed by atoms with E-state index in [0.717, 1.165) is 11.1 Å². The number of benzene rings is 1. The van der Waals surface area contributed by atoms with Crippen LogP contribution in [0.4, 0.5) is 0 Å². The summed E-state index contributed by atoms with van der Waals surface area (Å²) in [7, 11) is 0. The molecule has 1 aromatic carbocycles. The molecule has 0 aromatic heterocycles. The Hall–Kier alpha value is -0.980. The number of phenolic OH excluding ortho intramolecular Hbond substituents is 1. The van der Waals surface area contributed by atoms with Crippen LogP contribution in [0.25, 0.3) is 0 Å². The Balaban J connectivity index is 2.05. The van der Waals surface area contributed by atoms with Crippen LogP contribution in [0, 0.1) is 13.8 Å². The Morgan fingerprint density at radius 3 is 1.76 bits per heavy atom. The van der Waals surface area contributed by atoms with Crippen molar-refractivity contribution in [2.75, 3.05) is 0 Å². The SMILES string of the molecule is CCCCCCCCCCCCCC[C@H](C)c1cc(C)cc(C)c1O. The Morgan fingerprint density at radius 2 is 1.24 bits per heavy atom. The lowest BCUT2D eigenvalue weighted by molar-refractivity contribution is 0.453. The molecule has 1 atom stereocenters. The van der Waals surface area contributed by atoms with Crippen molar-refractivity contribution in [2.45, 2.75) is 117 Å². The Bertz CT molecular complexity index is 463. The lowest BCUT2D eigenvalue weighted by atomic mass is 9.91. The highest BCUT2D eigenvalue weighted by Crippen LogP contribution is 2.33. The average molecular weight is 347 g/mol. The van der Waals surface area contributed by atoms with E-state index >= 15 is 0 Å². The zero-order valence-electron chi connectivity index (χ0n) is 17.4. The molecule has 1 rings (SSSR count). The number of hydrogen-bond donors (Lipinski definition) is 1. The number of unbranched alkanes of at least 4 members (excludes halogenated alkanes) is 11.